The van der Waals surface area contributed by atoms with Gasteiger partial charge in [0.2, 0.25) is 11.8 Å². The number of anilines is 1. The Labute approximate surface area is 287 Å². The zero-order chi connectivity index (χ0) is 34.1. The minimum absolute atomic E-state index is 0.0111. The van der Waals surface area contributed by atoms with Gasteiger partial charge >= 0.3 is 0 Å². The minimum Gasteiger partial charge on any atom is -0.495 e. The van der Waals surface area contributed by atoms with E-state index < -0.39 is 28.5 Å². The number of benzene rings is 4. The van der Waals surface area contributed by atoms with Crippen molar-refractivity contribution in [3.05, 3.63) is 123 Å². The van der Waals surface area contributed by atoms with Gasteiger partial charge in [-0.25, -0.2) is 8.42 Å². The smallest absolute Gasteiger partial charge is 0.264 e. The van der Waals surface area contributed by atoms with Crippen molar-refractivity contribution in [3.8, 4) is 5.75 Å². The number of carbonyl (C=O) groups is 2. The van der Waals surface area contributed by atoms with Crippen LogP contribution in [0.5, 0.6) is 5.75 Å². The number of amides is 2. The number of nitrogens with zero attached hydrogens (tertiary/aromatic N) is 2. The second-order valence-electron chi connectivity index (χ2n) is 11.3. The zero-order valence-corrected chi connectivity index (χ0v) is 29.2. The molecule has 0 fully saturated rings. The Morgan fingerprint density at radius 1 is 0.851 bits per heavy atom. The van der Waals surface area contributed by atoms with Gasteiger partial charge in [0, 0.05) is 19.5 Å². The number of hydrogen-bond acceptors (Lipinski definition) is 5. The molecular weight excluding hydrogens is 657 g/mol. The van der Waals surface area contributed by atoms with Crippen LogP contribution >= 0.6 is 23.2 Å². The lowest BCUT2D eigenvalue weighted by molar-refractivity contribution is -0.140. The number of halogens is 2. The molecule has 8 nitrogen and oxygen atoms in total. The fraction of sp³-hybridized carbons (Fsp3) is 0.278. The molecule has 4 rings (SSSR count). The standard InChI is InChI=1S/C36H39Cl2N3O5S/c1-5-19-39-36(43)33(22-27-9-7-6-8-10-27)40(23-28-14-17-30(37)31(38)21-28)35(42)24-41(32-20-26(3)13-18-34(32)46-4)47(44,45)29-15-11-25(2)12-16-29/h6-18,20-21,33H,5,19,22-24H2,1-4H3,(H,39,43). The van der Waals surface area contributed by atoms with Crippen LogP contribution in [0.25, 0.3) is 0 Å². The Balaban J connectivity index is 1.86. The van der Waals surface area contributed by atoms with Crippen molar-refractivity contribution in [2.24, 2.45) is 0 Å². The molecule has 47 heavy (non-hydrogen) atoms. The van der Waals surface area contributed by atoms with Gasteiger partial charge in [0.25, 0.3) is 10.0 Å². The Morgan fingerprint density at radius 2 is 1.53 bits per heavy atom. The molecule has 0 bridgehead atoms. The van der Waals surface area contributed by atoms with Gasteiger partial charge in [-0.1, -0.05) is 90.3 Å². The van der Waals surface area contributed by atoms with E-state index >= 15 is 0 Å². The molecule has 0 saturated heterocycles. The van der Waals surface area contributed by atoms with Crippen molar-refractivity contribution in [3.63, 3.8) is 0 Å². The number of methoxy groups -OCH3 is 1. The van der Waals surface area contributed by atoms with Crippen LogP contribution < -0.4 is 14.4 Å². The number of nitrogens with one attached hydrogen (secondary N) is 1. The third kappa shape index (κ3) is 9.06. The Bertz CT molecular complexity index is 1800. The van der Waals surface area contributed by atoms with Crippen molar-refractivity contribution in [2.75, 3.05) is 24.5 Å². The van der Waals surface area contributed by atoms with E-state index in [4.69, 9.17) is 27.9 Å². The average Bonchev–Trinajstić information content (AvgIpc) is 3.06. The van der Waals surface area contributed by atoms with E-state index in [0.29, 0.717) is 28.6 Å². The van der Waals surface area contributed by atoms with Gasteiger partial charge in [0.05, 0.1) is 27.7 Å². The maximum Gasteiger partial charge on any atom is 0.264 e. The number of aryl methyl sites for hydroxylation is 2. The predicted octanol–water partition coefficient (Wildman–Crippen LogP) is 6.98. The normalized spacial score (nSPS) is 11.9. The molecule has 4 aromatic rings. The summed E-state index contributed by atoms with van der Waals surface area (Å²) < 4.78 is 35.3. The van der Waals surface area contributed by atoms with E-state index in [9.17, 15) is 18.0 Å². The van der Waals surface area contributed by atoms with Crippen LogP contribution in [0, 0.1) is 13.8 Å². The molecule has 4 aromatic carbocycles. The largest absolute Gasteiger partial charge is 0.495 e. The molecule has 1 N–H and O–H groups in total. The highest BCUT2D eigenvalue weighted by Gasteiger charge is 2.35. The first-order chi connectivity index (χ1) is 22.4. The molecule has 1 atom stereocenters. The molecule has 1 unspecified atom stereocenters. The highest BCUT2D eigenvalue weighted by Crippen LogP contribution is 2.34. The van der Waals surface area contributed by atoms with Gasteiger partial charge in [-0.15, -0.1) is 0 Å². The number of carbonyl (C=O) groups excluding carboxylic acids is 2. The van der Waals surface area contributed by atoms with Crippen molar-refractivity contribution < 1.29 is 22.7 Å². The van der Waals surface area contributed by atoms with Gasteiger partial charge < -0.3 is 15.0 Å². The summed E-state index contributed by atoms with van der Waals surface area (Å²) in [4.78, 5) is 29.9. The molecule has 11 heteroatoms. The summed E-state index contributed by atoms with van der Waals surface area (Å²) in [5.41, 5.74) is 3.31. The monoisotopic (exact) mass is 695 g/mol. The summed E-state index contributed by atoms with van der Waals surface area (Å²) in [7, 11) is -2.84. The number of rotatable bonds is 14. The Morgan fingerprint density at radius 3 is 2.17 bits per heavy atom. The maximum absolute atomic E-state index is 14.6. The van der Waals surface area contributed by atoms with Crippen LogP contribution in [0.15, 0.2) is 95.9 Å². The van der Waals surface area contributed by atoms with Crippen LogP contribution in [0.3, 0.4) is 0 Å². The van der Waals surface area contributed by atoms with E-state index in [1.54, 1.807) is 48.5 Å². The maximum atomic E-state index is 14.6. The quantitative estimate of drug-likeness (QED) is 0.154. The highest BCUT2D eigenvalue weighted by atomic mass is 35.5. The van der Waals surface area contributed by atoms with E-state index in [-0.39, 0.29) is 35.2 Å². The van der Waals surface area contributed by atoms with E-state index in [1.807, 2.05) is 51.1 Å². The fourth-order valence-corrected chi connectivity index (χ4v) is 6.84. The fourth-order valence-electron chi connectivity index (χ4n) is 5.10. The number of ether oxygens (including phenoxy) is 1. The molecule has 2 amide bonds. The lowest BCUT2D eigenvalue weighted by Crippen LogP contribution is -2.53. The first kappa shape index (κ1) is 35.8. The second kappa shape index (κ2) is 16.2. The van der Waals surface area contributed by atoms with Crippen LogP contribution in [-0.4, -0.2) is 51.4 Å². The number of sulfonamides is 1. The molecule has 0 aromatic heterocycles. The lowest BCUT2D eigenvalue weighted by atomic mass is 10.0. The van der Waals surface area contributed by atoms with Gasteiger partial charge in [-0.2, -0.15) is 0 Å². The minimum atomic E-state index is -4.29. The first-order valence-electron chi connectivity index (χ1n) is 15.2. The number of hydrogen-bond donors (Lipinski definition) is 1. The lowest BCUT2D eigenvalue weighted by Gasteiger charge is -2.34. The van der Waals surface area contributed by atoms with Gasteiger partial charge in [0.15, 0.2) is 0 Å². The van der Waals surface area contributed by atoms with E-state index in [2.05, 4.69) is 5.32 Å². The van der Waals surface area contributed by atoms with Crippen molar-refractivity contribution in [1.29, 1.82) is 0 Å². The van der Waals surface area contributed by atoms with Gasteiger partial charge in [-0.05, 0) is 73.4 Å². The zero-order valence-electron chi connectivity index (χ0n) is 26.9. The third-order valence-corrected chi connectivity index (χ3v) is 10.2. The molecule has 0 aliphatic rings. The van der Waals surface area contributed by atoms with Crippen molar-refractivity contribution in [2.45, 2.75) is 51.1 Å². The Hall–Kier alpha value is -4.05. The summed E-state index contributed by atoms with van der Waals surface area (Å²) >= 11 is 12.5. The van der Waals surface area contributed by atoms with Crippen LogP contribution in [0.2, 0.25) is 10.0 Å². The van der Waals surface area contributed by atoms with Crippen molar-refractivity contribution >= 4 is 50.7 Å². The molecule has 0 radical (unpaired) electrons. The molecule has 0 spiro atoms. The van der Waals surface area contributed by atoms with Crippen LogP contribution in [-0.2, 0) is 32.6 Å². The van der Waals surface area contributed by atoms with Crippen LogP contribution in [0.1, 0.15) is 35.6 Å². The molecule has 0 aliphatic heterocycles. The van der Waals surface area contributed by atoms with Gasteiger partial charge in [0.1, 0.15) is 18.3 Å². The summed E-state index contributed by atoms with van der Waals surface area (Å²) in [6, 6.07) is 24.9. The van der Waals surface area contributed by atoms with E-state index in [1.165, 1.54) is 24.1 Å². The molecular formula is C36H39Cl2N3O5S. The second-order valence-corrected chi connectivity index (χ2v) is 13.9. The first-order valence-corrected chi connectivity index (χ1v) is 17.4. The third-order valence-electron chi connectivity index (χ3n) is 7.65. The summed E-state index contributed by atoms with van der Waals surface area (Å²) in [6.07, 6.45) is 0.891. The summed E-state index contributed by atoms with van der Waals surface area (Å²) in [5, 5.41) is 3.57. The highest BCUT2D eigenvalue weighted by molar-refractivity contribution is 7.92. The summed E-state index contributed by atoms with van der Waals surface area (Å²) in [6.45, 7) is 5.39. The molecule has 248 valence electrons. The van der Waals surface area contributed by atoms with Gasteiger partial charge in [-0.3, -0.25) is 13.9 Å². The molecule has 0 aliphatic carbocycles. The Kier molecular flexibility index (Phi) is 12.3. The summed E-state index contributed by atoms with van der Waals surface area (Å²) in [5.74, 6) is -0.676. The molecule has 0 saturated carbocycles. The topological polar surface area (TPSA) is 96.0 Å². The SMILES string of the molecule is CCCNC(=O)C(Cc1ccccc1)N(Cc1ccc(Cl)c(Cl)c1)C(=O)CN(c1cc(C)ccc1OC)S(=O)(=O)c1ccc(C)cc1. The predicted molar refractivity (Wildman–Crippen MR) is 188 cm³/mol. The average molecular weight is 697 g/mol. The van der Waals surface area contributed by atoms with E-state index in [0.717, 1.165) is 21.0 Å². The molecule has 0 heterocycles. The van der Waals surface area contributed by atoms with Crippen LogP contribution in [0.4, 0.5) is 5.69 Å². The van der Waals surface area contributed by atoms with Crippen molar-refractivity contribution in [1.82, 2.24) is 10.2 Å².